The first kappa shape index (κ1) is 26.0. The van der Waals surface area contributed by atoms with Gasteiger partial charge in [-0.25, -0.2) is 13.4 Å². The lowest BCUT2D eigenvalue weighted by Gasteiger charge is -2.31. The van der Waals surface area contributed by atoms with Crippen LogP contribution >= 0.6 is 24.0 Å². The molecule has 2 rings (SSSR count). The van der Waals surface area contributed by atoms with Gasteiger partial charge in [0, 0.05) is 26.2 Å². The van der Waals surface area contributed by atoms with E-state index in [1.54, 1.807) is 0 Å². The molecule has 29 heavy (non-hydrogen) atoms. The monoisotopic (exact) mass is 548 g/mol. The fourth-order valence-electron chi connectivity index (χ4n) is 3.03. The van der Waals surface area contributed by atoms with Gasteiger partial charge in [-0.05, 0) is 43.7 Å². The molecule has 166 valence electrons. The Kier molecular flexibility index (Phi) is 10.2. The average Bonchev–Trinajstić information content (AvgIpc) is 2.64. The summed E-state index contributed by atoms with van der Waals surface area (Å²) in [6, 6.07) is 7.96. The number of benzene rings is 1. The predicted molar refractivity (Wildman–Crippen MR) is 119 cm³/mol. The molecule has 1 saturated heterocycles. The molecule has 1 heterocycles. The van der Waals surface area contributed by atoms with Crippen molar-refractivity contribution in [1.82, 2.24) is 14.9 Å². The van der Waals surface area contributed by atoms with E-state index in [0.29, 0.717) is 42.7 Å². The van der Waals surface area contributed by atoms with E-state index in [2.05, 4.69) is 15.6 Å². The van der Waals surface area contributed by atoms with Crippen molar-refractivity contribution in [2.75, 3.05) is 26.2 Å². The molecule has 2 N–H and O–H groups in total. The molecule has 1 aliphatic rings. The van der Waals surface area contributed by atoms with Crippen LogP contribution in [0.2, 0.25) is 0 Å². The van der Waals surface area contributed by atoms with Crippen LogP contribution in [0.5, 0.6) is 0 Å². The van der Waals surface area contributed by atoms with Gasteiger partial charge in [0.2, 0.25) is 0 Å². The minimum absolute atomic E-state index is 0. The molecule has 0 aromatic heterocycles. The molecule has 0 aliphatic carbocycles. The third-order valence-corrected chi connectivity index (χ3v) is 6.41. The molecule has 0 unspecified atom stereocenters. The number of nitrogens with one attached hydrogen (secondary N) is 2. The third kappa shape index (κ3) is 7.28. The van der Waals surface area contributed by atoms with Crippen LogP contribution in [-0.4, -0.2) is 50.4 Å². The second-order valence-corrected chi connectivity index (χ2v) is 8.73. The van der Waals surface area contributed by atoms with Gasteiger partial charge in [0.1, 0.15) is 0 Å². The summed E-state index contributed by atoms with van der Waals surface area (Å²) in [7, 11) is -5.23. The highest BCUT2D eigenvalue weighted by atomic mass is 127. The summed E-state index contributed by atoms with van der Waals surface area (Å²) in [4.78, 5) is 4.55. The lowest BCUT2D eigenvalue weighted by molar-refractivity contribution is -0.0496. The summed E-state index contributed by atoms with van der Waals surface area (Å²) < 4.78 is 61.4. The van der Waals surface area contributed by atoms with Crippen molar-refractivity contribution < 1.29 is 21.6 Å². The molecular formula is C18H28F3IN4O2S. The van der Waals surface area contributed by atoms with Gasteiger partial charge in [-0.1, -0.05) is 24.3 Å². The van der Waals surface area contributed by atoms with Gasteiger partial charge in [-0.3, -0.25) is 0 Å². The number of sulfonamides is 1. The Labute approximate surface area is 187 Å². The lowest BCUT2D eigenvalue weighted by Crippen LogP contribution is -2.47. The van der Waals surface area contributed by atoms with Crippen molar-refractivity contribution in [3.05, 3.63) is 35.4 Å². The van der Waals surface area contributed by atoms with E-state index in [1.807, 2.05) is 38.1 Å². The van der Waals surface area contributed by atoms with E-state index >= 15 is 0 Å². The highest BCUT2D eigenvalue weighted by molar-refractivity contribution is 14.0. The zero-order valence-electron chi connectivity index (χ0n) is 16.5. The van der Waals surface area contributed by atoms with Crippen molar-refractivity contribution in [3.8, 4) is 0 Å². The molecule has 0 saturated carbocycles. The molecule has 0 radical (unpaired) electrons. The van der Waals surface area contributed by atoms with Gasteiger partial charge >= 0.3 is 15.5 Å². The van der Waals surface area contributed by atoms with E-state index in [1.165, 1.54) is 0 Å². The fourth-order valence-corrected chi connectivity index (χ4v) is 4.02. The van der Waals surface area contributed by atoms with Crippen LogP contribution in [0.3, 0.4) is 0 Å². The van der Waals surface area contributed by atoms with Crippen LogP contribution in [-0.2, 0) is 16.6 Å². The highest BCUT2D eigenvalue weighted by Crippen LogP contribution is 2.30. The topological polar surface area (TPSA) is 73.8 Å². The number of halogens is 4. The Bertz CT molecular complexity index is 780. The Morgan fingerprint density at radius 1 is 1.21 bits per heavy atom. The normalized spacial score (nSPS) is 16.9. The van der Waals surface area contributed by atoms with Gasteiger partial charge < -0.3 is 10.6 Å². The number of nitrogens with zero attached hydrogens (tertiary/aromatic N) is 2. The number of rotatable bonds is 6. The number of guanidine groups is 1. The Balaban J connectivity index is 0.00000420. The molecule has 1 aromatic rings. The first-order valence-corrected chi connectivity index (χ1v) is 10.7. The quantitative estimate of drug-likeness (QED) is 0.326. The van der Waals surface area contributed by atoms with E-state index < -0.39 is 15.5 Å². The third-order valence-electron chi connectivity index (χ3n) is 4.78. The molecular weight excluding hydrogens is 520 g/mol. The Morgan fingerprint density at radius 3 is 2.38 bits per heavy atom. The van der Waals surface area contributed by atoms with E-state index in [-0.39, 0.29) is 43.0 Å². The van der Waals surface area contributed by atoms with E-state index in [0.717, 1.165) is 11.1 Å². The first-order chi connectivity index (χ1) is 13.1. The van der Waals surface area contributed by atoms with Gasteiger partial charge in [0.05, 0.1) is 6.54 Å². The van der Waals surface area contributed by atoms with Crippen molar-refractivity contribution in [1.29, 1.82) is 0 Å². The van der Waals surface area contributed by atoms with Gasteiger partial charge in [0.15, 0.2) is 5.96 Å². The van der Waals surface area contributed by atoms with Gasteiger partial charge in [0.25, 0.3) is 0 Å². The van der Waals surface area contributed by atoms with Gasteiger partial charge in [-0.2, -0.15) is 17.5 Å². The minimum atomic E-state index is -5.24. The zero-order valence-corrected chi connectivity index (χ0v) is 19.6. The molecule has 0 atom stereocenters. The smallest absolute Gasteiger partial charge is 0.357 e. The molecule has 6 nitrogen and oxygen atoms in total. The van der Waals surface area contributed by atoms with E-state index in [9.17, 15) is 21.6 Å². The van der Waals surface area contributed by atoms with E-state index in [4.69, 9.17) is 0 Å². The van der Waals surface area contributed by atoms with Crippen molar-refractivity contribution in [3.63, 3.8) is 0 Å². The average molecular weight is 548 g/mol. The highest BCUT2D eigenvalue weighted by Gasteiger charge is 2.50. The predicted octanol–water partition coefficient (Wildman–Crippen LogP) is 3.23. The van der Waals surface area contributed by atoms with Crippen LogP contribution in [0.25, 0.3) is 0 Å². The first-order valence-electron chi connectivity index (χ1n) is 9.28. The van der Waals surface area contributed by atoms with Crippen LogP contribution in [0.15, 0.2) is 29.3 Å². The Morgan fingerprint density at radius 2 is 1.83 bits per heavy atom. The van der Waals surface area contributed by atoms with Crippen molar-refractivity contribution >= 4 is 40.0 Å². The van der Waals surface area contributed by atoms with Crippen LogP contribution in [0.4, 0.5) is 13.2 Å². The molecule has 1 aliphatic heterocycles. The maximum Gasteiger partial charge on any atom is 0.511 e. The van der Waals surface area contributed by atoms with Crippen LogP contribution in [0, 0.1) is 12.8 Å². The second kappa shape index (κ2) is 11.3. The van der Waals surface area contributed by atoms with Gasteiger partial charge in [-0.15, -0.1) is 24.0 Å². The lowest BCUT2D eigenvalue weighted by atomic mass is 9.98. The maximum absolute atomic E-state index is 12.6. The Hall–Kier alpha value is -1.08. The van der Waals surface area contributed by atoms with Crippen molar-refractivity contribution in [2.24, 2.45) is 10.9 Å². The summed E-state index contributed by atoms with van der Waals surface area (Å²) in [5.41, 5.74) is -2.97. The number of aliphatic imine (C=N–C) groups is 1. The minimum Gasteiger partial charge on any atom is -0.357 e. The van der Waals surface area contributed by atoms with Crippen molar-refractivity contribution in [2.45, 2.75) is 38.7 Å². The molecule has 0 spiro atoms. The number of hydrogen-bond acceptors (Lipinski definition) is 3. The summed E-state index contributed by atoms with van der Waals surface area (Å²) in [6.45, 7) is 5.46. The number of piperidine rings is 1. The number of hydrogen-bond donors (Lipinski definition) is 2. The zero-order chi connectivity index (χ0) is 20.8. The summed E-state index contributed by atoms with van der Waals surface area (Å²) in [6.07, 6.45) is 0.749. The standard InChI is InChI=1S/C18H27F3N4O2S.HI/c1-3-22-17(24-13-16-7-5-4-6-14(16)2)23-12-15-8-10-25(11-9-15)28(26,27)18(19,20)21;/h4-7,15H,3,8-13H2,1-2H3,(H2,22,23,24);1H. The molecule has 0 bridgehead atoms. The molecule has 0 amide bonds. The maximum atomic E-state index is 12.6. The number of alkyl halides is 3. The van der Waals surface area contributed by atoms with Crippen LogP contribution in [0.1, 0.15) is 30.9 Å². The number of aryl methyl sites for hydroxylation is 1. The molecule has 1 fully saturated rings. The fraction of sp³-hybridized carbons (Fsp3) is 0.611. The second-order valence-electron chi connectivity index (χ2n) is 6.80. The molecule has 1 aromatic carbocycles. The largest absolute Gasteiger partial charge is 0.511 e. The van der Waals surface area contributed by atoms with Crippen LogP contribution < -0.4 is 10.6 Å². The SMILES string of the molecule is CCNC(=NCc1ccccc1C)NCC1CCN(S(=O)(=O)C(F)(F)F)CC1.I. The summed E-state index contributed by atoms with van der Waals surface area (Å²) in [5.74, 6) is 0.720. The summed E-state index contributed by atoms with van der Waals surface area (Å²) >= 11 is 0. The summed E-state index contributed by atoms with van der Waals surface area (Å²) in [5, 5.41) is 6.36. The molecule has 11 heteroatoms.